The lowest BCUT2D eigenvalue weighted by Gasteiger charge is -2.13. The zero-order chi connectivity index (χ0) is 17.2. The van der Waals surface area contributed by atoms with Gasteiger partial charge in [0, 0.05) is 36.3 Å². The highest BCUT2D eigenvalue weighted by molar-refractivity contribution is 6.03. The molecule has 3 rings (SSSR count). The minimum atomic E-state index is -0.263. The van der Waals surface area contributed by atoms with E-state index in [9.17, 15) is 4.79 Å². The molecule has 3 aromatic heterocycles. The molecule has 7 heteroatoms. The third-order valence-electron chi connectivity index (χ3n) is 3.38. The van der Waals surface area contributed by atoms with Crippen molar-refractivity contribution in [3.63, 3.8) is 0 Å². The third kappa shape index (κ3) is 3.29. The predicted molar refractivity (Wildman–Crippen MR) is 90.0 cm³/mol. The van der Waals surface area contributed by atoms with Crippen molar-refractivity contribution in [2.45, 2.75) is 26.2 Å². The molecule has 0 radical (unpaired) electrons. The summed E-state index contributed by atoms with van der Waals surface area (Å²) in [5, 5.41) is 7.42. The van der Waals surface area contributed by atoms with Gasteiger partial charge in [0.15, 0.2) is 0 Å². The lowest BCUT2D eigenvalue weighted by atomic mass is 9.92. The van der Waals surface area contributed by atoms with Crippen molar-refractivity contribution >= 4 is 11.7 Å². The summed E-state index contributed by atoms with van der Waals surface area (Å²) in [4.78, 5) is 24.8. The van der Waals surface area contributed by atoms with Gasteiger partial charge in [-0.1, -0.05) is 20.8 Å². The van der Waals surface area contributed by atoms with Crippen molar-refractivity contribution in [1.82, 2.24) is 24.7 Å². The largest absolute Gasteiger partial charge is 0.306 e. The Bertz CT molecular complexity index is 837. The van der Waals surface area contributed by atoms with Gasteiger partial charge in [0.05, 0.1) is 11.3 Å². The van der Waals surface area contributed by atoms with Crippen LogP contribution in [0.3, 0.4) is 0 Å². The number of nitrogens with one attached hydrogen (secondary N) is 1. The van der Waals surface area contributed by atoms with Crippen LogP contribution in [0.4, 0.5) is 5.82 Å². The second-order valence-electron chi connectivity index (χ2n) is 6.32. The van der Waals surface area contributed by atoms with Crippen LogP contribution in [-0.2, 0) is 5.41 Å². The molecule has 1 N–H and O–H groups in total. The minimum absolute atomic E-state index is 0.173. The molecule has 24 heavy (non-hydrogen) atoms. The van der Waals surface area contributed by atoms with Crippen LogP contribution in [0, 0.1) is 0 Å². The van der Waals surface area contributed by atoms with E-state index < -0.39 is 0 Å². The summed E-state index contributed by atoms with van der Waals surface area (Å²) in [6.45, 7) is 6.16. The highest BCUT2D eigenvalue weighted by atomic mass is 16.1. The number of aromatic nitrogens is 5. The van der Waals surface area contributed by atoms with Crippen LogP contribution in [0.1, 0.15) is 36.8 Å². The summed E-state index contributed by atoms with van der Waals surface area (Å²) in [7, 11) is 0. The Balaban J connectivity index is 2.00. The SMILES string of the molecule is CC(C)(C)c1cc(NC(=O)c2cccnc2)n(-c2ncccn2)n1. The van der Waals surface area contributed by atoms with Crippen LogP contribution in [0.5, 0.6) is 0 Å². The van der Waals surface area contributed by atoms with Crippen molar-refractivity contribution < 1.29 is 4.79 Å². The number of rotatable bonds is 3. The normalized spacial score (nSPS) is 11.3. The fraction of sp³-hybridized carbons (Fsp3) is 0.235. The molecule has 122 valence electrons. The maximum absolute atomic E-state index is 12.4. The van der Waals surface area contributed by atoms with E-state index in [0.717, 1.165) is 5.69 Å². The molecular formula is C17H18N6O. The molecule has 0 atom stereocenters. The van der Waals surface area contributed by atoms with Gasteiger partial charge in [0.2, 0.25) is 0 Å². The van der Waals surface area contributed by atoms with E-state index in [0.29, 0.717) is 17.3 Å². The van der Waals surface area contributed by atoms with Gasteiger partial charge in [-0.2, -0.15) is 9.78 Å². The van der Waals surface area contributed by atoms with E-state index in [-0.39, 0.29) is 11.3 Å². The van der Waals surface area contributed by atoms with E-state index in [4.69, 9.17) is 0 Å². The van der Waals surface area contributed by atoms with Crippen molar-refractivity contribution in [3.05, 3.63) is 60.3 Å². The van der Waals surface area contributed by atoms with Gasteiger partial charge in [0.25, 0.3) is 11.9 Å². The fourth-order valence-electron chi connectivity index (χ4n) is 2.08. The Morgan fingerprint density at radius 3 is 2.50 bits per heavy atom. The van der Waals surface area contributed by atoms with Gasteiger partial charge >= 0.3 is 0 Å². The first-order chi connectivity index (χ1) is 11.4. The summed E-state index contributed by atoms with van der Waals surface area (Å²) in [5.41, 5.74) is 1.13. The second kappa shape index (κ2) is 6.19. The predicted octanol–water partition coefficient (Wildman–Crippen LogP) is 2.61. The molecule has 0 aliphatic heterocycles. The van der Waals surface area contributed by atoms with Crippen molar-refractivity contribution in [2.24, 2.45) is 0 Å². The van der Waals surface area contributed by atoms with Gasteiger partial charge in [-0.15, -0.1) is 0 Å². The Hall–Kier alpha value is -3.09. The Morgan fingerprint density at radius 2 is 1.88 bits per heavy atom. The fourth-order valence-corrected chi connectivity index (χ4v) is 2.08. The number of anilines is 1. The number of carbonyl (C=O) groups is 1. The van der Waals surface area contributed by atoms with Crippen LogP contribution in [0.15, 0.2) is 49.1 Å². The van der Waals surface area contributed by atoms with E-state index in [2.05, 4.69) is 46.1 Å². The van der Waals surface area contributed by atoms with Crippen molar-refractivity contribution in [3.8, 4) is 5.95 Å². The molecule has 0 unspecified atom stereocenters. The smallest absolute Gasteiger partial charge is 0.258 e. The summed E-state index contributed by atoms with van der Waals surface area (Å²) in [6, 6.07) is 6.98. The topological polar surface area (TPSA) is 85.6 Å². The molecule has 0 aromatic carbocycles. The molecule has 0 aliphatic rings. The minimum Gasteiger partial charge on any atom is -0.306 e. The summed E-state index contributed by atoms with van der Waals surface area (Å²) in [5.74, 6) is 0.648. The Kier molecular flexibility index (Phi) is 4.07. The second-order valence-corrected chi connectivity index (χ2v) is 6.32. The molecule has 3 aromatic rings. The number of hydrogen-bond acceptors (Lipinski definition) is 5. The van der Waals surface area contributed by atoms with Crippen LogP contribution < -0.4 is 5.32 Å². The van der Waals surface area contributed by atoms with Crippen LogP contribution in [0.25, 0.3) is 5.95 Å². The maximum Gasteiger partial charge on any atom is 0.258 e. The molecule has 0 aliphatic carbocycles. The Labute approximate surface area is 139 Å². The van der Waals surface area contributed by atoms with Crippen molar-refractivity contribution in [1.29, 1.82) is 0 Å². The van der Waals surface area contributed by atoms with Crippen LogP contribution in [-0.4, -0.2) is 30.6 Å². The first-order valence-electron chi connectivity index (χ1n) is 7.54. The molecule has 0 saturated carbocycles. The molecule has 0 fully saturated rings. The molecule has 0 spiro atoms. The highest BCUT2D eigenvalue weighted by Gasteiger charge is 2.22. The number of pyridine rings is 1. The molecule has 7 nitrogen and oxygen atoms in total. The van der Waals surface area contributed by atoms with E-state index >= 15 is 0 Å². The molecule has 0 saturated heterocycles. The maximum atomic E-state index is 12.4. The average Bonchev–Trinajstić information content (AvgIpc) is 3.00. The van der Waals surface area contributed by atoms with Gasteiger partial charge in [0.1, 0.15) is 5.82 Å². The lowest BCUT2D eigenvalue weighted by molar-refractivity contribution is 0.102. The quantitative estimate of drug-likeness (QED) is 0.801. The van der Waals surface area contributed by atoms with Gasteiger partial charge in [-0.25, -0.2) is 9.97 Å². The molecule has 1 amide bonds. The van der Waals surface area contributed by atoms with E-state index in [1.54, 1.807) is 36.8 Å². The standard InChI is InChI=1S/C17H18N6O/c1-17(2,3)13-10-14(21-15(24)12-6-4-7-18-11-12)23(22-13)16-19-8-5-9-20-16/h4-11H,1-3H3,(H,21,24). The Morgan fingerprint density at radius 1 is 1.12 bits per heavy atom. The first kappa shape index (κ1) is 15.8. The monoisotopic (exact) mass is 322 g/mol. The molecular weight excluding hydrogens is 304 g/mol. The number of amides is 1. The zero-order valence-corrected chi connectivity index (χ0v) is 13.8. The van der Waals surface area contributed by atoms with Crippen LogP contribution in [0.2, 0.25) is 0 Å². The summed E-state index contributed by atoms with van der Waals surface area (Å²) in [6.07, 6.45) is 6.40. The lowest BCUT2D eigenvalue weighted by Crippen LogP contribution is -2.16. The van der Waals surface area contributed by atoms with Gasteiger partial charge < -0.3 is 5.32 Å². The van der Waals surface area contributed by atoms with Gasteiger partial charge in [-0.3, -0.25) is 9.78 Å². The zero-order valence-electron chi connectivity index (χ0n) is 13.8. The number of hydrogen-bond donors (Lipinski definition) is 1. The average molecular weight is 322 g/mol. The third-order valence-corrected chi connectivity index (χ3v) is 3.38. The van der Waals surface area contributed by atoms with Gasteiger partial charge in [-0.05, 0) is 18.2 Å². The number of nitrogens with zero attached hydrogens (tertiary/aromatic N) is 5. The highest BCUT2D eigenvalue weighted by Crippen LogP contribution is 2.25. The van der Waals surface area contributed by atoms with E-state index in [1.807, 2.05) is 6.07 Å². The molecule has 3 heterocycles. The summed E-state index contributed by atoms with van der Waals surface area (Å²) < 4.78 is 1.54. The van der Waals surface area contributed by atoms with Crippen LogP contribution >= 0.6 is 0 Å². The molecule has 0 bridgehead atoms. The van der Waals surface area contributed by atoms with E-state index in [1.165, 1.54) is 10.9 Å². The number of carbonyl (C=O) groups excluding carboxylic acids is 1. The van der Waals surface area contributed by atoms with Crippen molar-refractivity contribution in [2.75, 3.05) is 5.32 Å². The summed E-state index contributed by atoms with van der Waals surface area (Å²) >= 11 is 0. The first-order valence-corrected chi connectivity index (χ1v) is 7.54.